The molecular formula is C28H19B4F20N. The molecule has 4 aromatic carbocycles. The van der Waals surface area contributed by atoms with E-state index in [1.165, 1.54) is 0 Å². The van der Waals surface area contributed by atoms with E-state index in [1.807, 2.05) is 0 Å². The van der Waals surface area contributed by atoms with Crippen LogP contribution in [0.5, 0.6) is 0 Å². The second-order valence-corrected chi connectivity index (χ2v) is 9.74. The van der Waals surface area contributed by atoms with Crippen molar-refractivity contribution >= 4 is 53.2 Å². The molecule has 0 heterocycles. The van der Waals surface area contributed by atoms with Crippen LogP contribution in [0.25, 0.3) is 0 Å². The quantitative estimate of drug-likeness (QED) is 0.143. The lowest BCUT2D eigenvalue weighted by molar-refractivity contribution is 0.384. The average Bonchev–Trinajstić information content (AvgIpc) is 3.15. The van der Waals surface area contributed by atoms with Gasteiger partial charge in [0.25, 0.3) is 0 Å². The van der Waals surface area contributed by atoms with Crippen molar-refractivity contribution in [3.05, 3.63) is 116 Å². The Hall–Kier alpha value is -4.30. The van der Waals surface area contributed by atoms with Gasteiger partial charge < -0.3 is 5.32 Å². The molecule has 0 spiro atoms. The first kappa shape index (κ1) is 48.7. The maximum atomic E-state index is 12.4. The first-order valence-corrected chi connectivity index (χ1v) is 13.9. The van der Waals surface area contributed by atoms with Crippen molar-refractivity contribution < 1.29 is 87.8 Å². The summed E-state index contributed by atoms with van der Waals surface area (Å²) in [5.41, 5.74) is -3.48. The summed E-state index contributed by atoms with van der Waals surface area (Å²) in [4.78, 5) is 0. The molecule has 0 unspecified atom stereocenters. The summed E-state index contributed by atoms with van der Waals surface area (Å²) in [6.07, 6.45) is 0. The van der Waals surface area contributed by atoms with Crippen LogP contribution in [-0.2, 0) is 0 Å². The number of rotatable bonds is 2. The highest BCUT2D eigenvalue weighted by Gasteiger charge is 2.25. The minimum absolute atomic E-state index is 0.816. The lowest BCUT2D eigenvalue weighted by Gasteiger charge is -2.02. The van der Waals surface area contributed by atoms with Gasteiger partial charge in [-0.05, 0) is 34.9 Å². The average molecular weight is 793 g/mol. The van der Waals surface area contributed by atoms with Crippen LogP contribution in [-0.4, -0.2) is 44.5 Å². The molecule has 0 radical (unpaired) electrons. The van der Waals surface area contributed by atoms with Gasteiger partial charge in [0, 0.05) is 0 Å². The summed E-state index contributed by atoms with van der Waals surface area (Å²) in [5.74, 6) is -38.1. The molecule has 0 aliphatic heterocycles. The van der Waals surface area contributed by atoms with Crippen LogP contribution in [0.4, 0.5) is 87.8 Å². The summed E-state index contributed by atoms with van der Waals surface area (Å²) in [7, 11) is 3.26. The van der Waals surface area contributed by atoms with Gasteiger partial charge in [-0.2, -0.15) is 0 Å². The van der Waals surface area contributed by atoms with Gasteiger partial charge in [-0.3, -0.25) is 0 Å². The molecule has 0 aliphatic rings. The van der Waals surface area contributed by atoms with Crippen molar-refractivity contribution in [1.29, 1.82) is 0 Å². The molecule has 4 rings (SSSR count). The van der Waals surface area contributed by atoms with E-state index in [4.69, 9.17) is 0 Å². The van der Waals surface area contributed by atoms with Gasteiger partial charge in [0.15, 0.2) is 116 Å². The van der Waals surface area contributed by atoms with E-state index in [-0.39, 0.29) is 0 Å². The minimum atomic E-state index is -2.13. The van der Waals surface area contributed by atoms with Crippen LogP contribution in [0.3, 0.4) is 0 Å². The topological polar surface area (TPSA) is 12.0 Å². The third-order valence-corrected chi connectivity index (χ3v) is 6.22. The molecule has 0 atom stereocenters. The first-order chi connectivity index (χ1) is 24.3. The van der Waals surface area contributed by atoms with Gasteiger partial charge in [-0.1, -0.05) is 13.8 Å². The molecule has 53 heavy (non-hydrogen) atoms. The van der Waals surface area contributed by atoms with Crippen LogP contribution in [0.15, 0.2) is 0 Å². The molecule has 25 heteroatoms. The van der Waals surface area contributed by atoms with Gasteiger partial charge >= 0.3 is 0 Å². The molecule has 0 saturated heterocycles. The molecule has 1 nitrogen and oxygen atoms in total. The number of nitrogens with one attached hydrogen (secondary N) is 1. The Bertz CT molecular complexity index is 1250. The third-order valence-electron chi connectivity index (χ3n) is 6.22. The van der Waals surface area contributed by atoms with E-state index in [0.29, 0.717) is 0 Å². The number of hydrogen-bond donors (Lipinski definition) is 1. The maximum Gasteiger partial charge on any atom is 0.200 e. The Morgan fingerprint density at radius 2 is 0.340 bits per heavy atom. The van der Waals surface area contributed by atoms with Gasteiger partial charge in [0.2, 0.25) is 0 Å². The Balaban J connectivity index is 0.000000652. The van der Waals surface area contributed by atoms with E-state index >= 15 is 0 Å². The zero-order valence-corrected chi connectivity index (χ0v) is 27.5. The van der Waals surface area contributed by atoms with Crippen molar-refractivity contribution in [3.63, 3.8) is 0 Å². The smallest absolute Gasteiger partial charge is 0.200 e. The summed E-state index contributed by atoms with van der Waals surface area (Å²) >= 11 is 0. The van der Waals surface area contributed by atoms with E-state index in [9.17, 15) is 87.8 Å². The number of hydrogen-bond acceptors (Lipinski definition) is 1. The highest BCUT2D eigenvalue weighted by Crippen LogP contribution is 2.17. The first-order valence-electron chi connectivity index (χ1n) is 13.9. The van der Waals surface area contributed by atoms with Crippen LogP contribution in [0, 0.1) is 116 Å². The SMILES string of the molecule is Bc1c(F)c(F)c(F)c(F)c1F.Bc1c(F)c(F)c(F)c(F)c1F.Bc1c(F)c(F)c(F)c(F)c1F.Bc1c(F)c(F)c(F)c(F)c1F.CCNCC. The van der Waals surface area contributed by atoms with Crippen molar-refractivity contribution in [1.82, 2.24) is 5.32 Å². The Labute approximate surface area is 290 Å². The normalized spacial score (nSPS) is 10.2. The number of halogens is 20. The van der Waals surface area contributed by atoms with Crippen molar-refractivity contribution in [2.45, 2.75) is 13.8 Å². The van der Waals surface area contributed by atoms with Crippen LogP contribution in [0.2, 0.25) is 0 Å². The monoisotopic (exact) mass is 793 g/mol. The van der Waals surface area contributed by atoms with Crippen molar-refractivity contribution in [2.24, 2.45) is 0 Å². The predicted molar refractivity (Wildman–Crippen MR) is 162 cm³/mol. The largest absolute Gasteiger partial charge is 0.317 e. The van der Waals surface area contributed by atoms with Crippen LogP contribution >= 0.6 is 0 Å². The highest BCUT2D eigenvalue weighted by molar-refractivity contribution is 6.33. The lowest BCUT2D eigenvalue weighted by Crippen LogP contribution is -2.20. The van der Waals surface area contributed by atoms with Crippen molar-refractivity contribution in [3.8, 4) is 0 Å². The van der Waals surface area contributed by atoms with Gasteiger partial charge in [0.05, 0.1) is 0 Å². The van der Waals surface area contributed by atoms with Crippen LogP contribution < -0.4 is 27.2 Å². The summed E-state index contributed by atoms with van der Waals surface area (Å²) in [5, 5.41) is 3.11. The third kappa shape index (κ3) is 11.3. The molecule has 288 valence electrons. The van der Waals surface area contributed by atoms with E-state index in [0.717, 1.165) is 44.5 Å². The Morgan fingerprint density at radius 1 is 0.245 bits per heavy atom. The Kier molecular flexibility index (Phi) is 19.1. The number of benzene rings is 4. The molecule has 0 aromatic heterocycles. The highest BCUT2D eigenvalue weighted by atomic mass is 19.2. The molecule has 1 N–H and O–H groups in total. The fourth-order valence-corrected chi connectivity index (χ4v) is 3.11. The summed E-state index contributed by atoms with van der Waals surface area (Å²) in [6, 6.07) is 0. The molecule has 4 aromatic rings. The summed E-state index contributed by atoms with van der Waals surface area (Å²) in [6.45, 7) is 6.39. The minimum Gasteiger partial charge on any atom is -0.317 e. The predicted octanol–water partition coefficient (Wildman–Crippen LogP) is 3.18. The molecule has 0 fully saturated rings. The fourth-order valence-electron chi connectivity index (χ4n) is 3.11. The zero-order chi connectivity index (χ0) is 42.0. The second-order valence-electron chi connectivity index (χ2n) is 9.74. The van der Waals surface area contributed by atoms with Crippen LogP contribution in [0.1, 0.15) is 13.8 Å². The molecule has 0 aliphatic carbocycles. The maximum absolute atomic E-state index is 12.4. The lowest BCUT2D eigenvalue weighted by atomic mass is 9.94. The Morgan fingerprint density at radius 3 is 0.415 bits per heavy atom. The van der Waals surface area contributed by atoms with E-state index in [2.05, 4.69) is 19.2 Å². The second kappa shape index (κ2) is 20.8. The van der Waals surface area contributed by atoms with Gasteiger partial charge in [-0.15, -0.1) is 0 Å². The van der Waals surface area contributed by atoms with E-state index in [1.54, 1.807) is 0 Å². The molecule has 0 saturated carbocycles. The van der Waals surface area contributed by atoms with E-state index < -0.39 is 138 Å². The van der Waals surface area contributed by atoms with Gasteiger partial charge in [-0.25, -0.2) is 87.8 Å². The molecular weight excluding hydrogens is 774 g/mol. The van der Waals surface area contributed by atoms with Gasteiger partial charge in [0.1, 0.15) is 31.4 Å². The summed E-state index contributed by atoms with van der Waals surface area (Å²) < 4.78 is 246. The van der Waals surface area contributed by atoms with Crippen molar-refractivity contribution in [2.75, 3.05) is 13.1 Å². The zero-order valence-electron chi connectivity index (χ0n) is 27.5. The fraction of sp³-hybridized carbons (Fsp3) is 0.143. The molecule has 0 bridgehead atoms. The molecule has 0 amide bonds. The standard InChI is InChI=1S/4C6H2BF5.C4H11N/c4*7-1-2(8)4(10)6(12)5(11)3(1)9;1-3-5-4-2/h4*7H2;5H,3-4H2,1-2H3.